The molecule has 1 atom stereocenters. The van der Waals surface area contributed by atoms with E-state index in [0.717, 1.165) is 11.4 Å². The summed E-state index contributed by atoms with van der Waals surface area (Å²) < 4.78 is 34.5. The summed E-state index contributed by atoms with van der Waals surface area (Å²) in [6, 6.07) is 7.36. The number of ether oxygens (including phenoxy) is 2. The van der Waals surface area contributed by atoms with Gasteiger partial charge in [0.05, 0.1) is 11.5 Å². The summed E-state index contributed by atoms with van der Waals surface area (Å²) in [6.45, 7) is 1.08. The summed E-state index contributed by atoms with van der Waals surface area (Å²) in [5.74, 6) is 3.13. The molecule has 0 aliphatic carbocycles. The van der Waals surface area contributed by atoms with Crippen LogP contribution >= 0.6 is 0 Å². The van der Waals surface area contributed by atoms with Gasteiger partial charge >= 0.3 is 0 Å². The Morgan fingerprint density at radius 1 is 1.15 bits per heavy atom. The van der Waals surface area contributed by atoms with Crippen molar-refractivity contribution in [2.75, 3.05) is 42.0 Å². The zero-order chi connectivity index (χ0) is 18.1. The van der Waals surface area contributed by atoms with Crippen LogP contribution in [0.5, 0.6) is 11.5 Å². The molecule has 1 fully saturated rings. The van der Waals surface area contributed by atoms with Crippen molar-refractivity contribution in [2.45, 2.75) is 12.5 Å². The predicted octanol–water partition coefficient (Wildman–Crippen LogP) is 1.61. The molecule has 1 unspecified atom stereocenters. The molecule has 2 aliphatic heterocycles. The van der Waals surface area contributed by atoms with Gasteiger partial charge in [-0.1, -0.05) is 0 Å². The second-order valence-electron chi connectivity index (χ2n) is 6.41. The maximum Gasteiger partial charge on any atom is 0.163 e. The van der Waals surface area contributed by atoms with E-state index in [4.69, 9.17) is 9.47 Å². The van der Waals surface area contributed by atoms with Crippen LogP contribution in [0.2, 0.25) is 0 Å². The molecule has 8 nitrogen and oxygen atoms in total. The average Bonchev–Trinajstić information content (AvgIpc) is 3.01. The van der Waals surface area contributed by atoms with Gasteiger partial charge in [-0.15, -0.1) is 0 Å². The first kappa shape index (κ1) is 16.9. The minimum Gasteiger partial charge on any atom is -0.486 e. The number of benzene rings is 1. The van der Waals surface area contributed by atoms with Gasteiger partial charge in [-0.3, -0.25) is 0 Å². The fraction of sp³-hybridized carbons (Fsp3) is 0.412. The lowest BCUT2D eigenvalue weighted by atomic mass is 10.2. The number of hydrogen-bond acceptors (Lipinski definition) is 8. The Balaban J connectivity index is 1.51. The molecule has 1 saturated heterocycles. The lowest BCUT2D eigenvalue weighted by Gasteiger charge is -2.24. The third kappa shape index (κ3) is 3.52. The van der Waals surface area contributed by atoms with Crippen molar-refractivity contribution in [2.24, 2.45) is 0 Å². The summed E-state index contributed by atoms with van der Waals surface area (Å²) in [5.41, 5.74) is 0.824. The van der Waals surface area contributed by atoms with E-state index in [1.165, 1.54) is 6.33 Å². The van der Waals surface area contributed by atoms with Gasteiger partial charge in [-0.25, -0.2) is 18.4 Å². The highest BCUT2D eigenvalue weighted by molar-refractivity contribution is 7.91. The third-order valence-corrected chi connectivity index (χ3v) is 6.34. The van der Waals surface area contributed by atoms with Crippen molar-refractivity contribution in [3.05, 3.63) is 30.6 Å². The largest absolute Gasteiger partial charge is 0.486 e. The normalized spacial score (nSPS) is 20.6. The molecule has 4 rings (SSSR count). The van der Waals surface area contributed by atoms with Crippen molar-refractivity contribution in [1.29, 1.82) is 0 Å². The smallest absolute Gasteiger partial charge is 0.163 e. The topological polar surface area (TPSA) is 93.7 Å². The van der Waals surface area contributed by atoms with E-state index >= 15 is 0 Å². The number of nitrogens with zero attached hydrogens (tertiary/aromatic N) is 3. The molecule has 3 heterocycles. The number of hydrogen-bond donors (Lipinski definition) is 1. The molecular formula is C17H20N4O4S. The summed E-state index contributed by atoms with van der Waals surface area (Å²) in [4.78, 5) is 10.4. The second kappa shape index (κ2) is 6.64. The van der Waals surface area contributed by atoms with Crippen molar-refractivity contribution < 1.29 is 17.9 Å². The number of aromatic nitrogens is 2. The maximum atomic E-state index is 11.7. The molecule has 0 saturated carbocycles. The van der Waals surface area contributed by atoms with Crippen LogP contribution in [0.1, 0.15) is 6.42 Å². The van der Waals surface area contributed by atoms with Crippen molar-refractivity contribution >= 4 is 27.2 Å². The van der Waals surface area contributed by atoms with Gasteiger partial charge in [-0.2, -0.15) is 0 Å². The first-order valence-electron chi connectivity index (χ1n) is 8.42. The van der Waals surface area contributed by atoms with Gasteiger partial charge in [0.1, 0.15) is 31.2 Å². The van der Waals surface area contributed by atoms with Gasteiger partial charge in [-0.05, 0) is 18.6 Å². The van der Waals surface area contributed by atoms with E-state index in [1.54, 1.807) is 0 Å². The minimum atomic E-state index is -2.94. The molecule has 9 heteroatoms. The number of nitrogens with one attached hydrogen (secondary N) is 1. The molecule has 0 spiro atoms. The Bertz CT molecular complexity index is 919. The SMILES string of the molecule is CN(c1cc(Nc2ccc3c(c2)OCCO3)ncn1)C1CCS(=O)(=O)C1. The Morgan fingerprint density at radius 3 is 2.73 bits per heavy atom. The van der Waals surface area contributed by atoms with Gasteiger partial charge in [0.15, 0.2) is 21.3 Å². The van der Waals surface area contributed by atoms with Crippen LogP contribution in [0.15, 0.2) is 30.6 Å². The van der Waals surface area contributed by atoms with Gasteiger partial charge < -0.3 is 19.7 Å². The first-order chi connectivity index (χ1) is 12.5. The standard InChI is InChI=1S/C17H20N4O4S/c1-21(13-4-7-26(22,23)10-13)17-9-16(18-11-19-17)20-12-2-3-14-15(8-12)25-6-5-24-14/h2-3,8-9,11,13H,4-7,10H2,1H3,(H,18,19,20). The zero-order valence-corrected chi connectivity index (χ0v) is 15.2. The lowest BCUT2D eigenvalue weighted by Crippen LogP contribution is -2.33. The highest BCUT2D eigenvalue weighted by atomic mass is 32.2. The van der Waals surface area contributed by atoms with Gasteiger partial charge in [0, 0.05) is 30.9 Å². The van der Waals surface area contributed by atoms with Crippen LogP contribution in [0.4, 0.5) is 17.3 Å². The fourth-order valence-electron chi connectivity index (χ4n) is 3.15. The molecule has 0 amide bonds. The summed E-state index contributed by atoms with van der Waals surface area (Å²) >= 11 is 0. The highest BCUT2D eigenvalue weighted by Crippen LogP contribution is 2.33. The van der Waals surface area contributed by atoms with Gasteiger partial charge in [0.2, 0.25) is 0 Å². The van der Waals surface area contributed by atoms with Crippen molar-refractivity contribution in [1.82, 2.24) is 9.97 Å². The fourth-order valence-corrected chi connectivity index (χ4v) is 4.92. The van der Waals surface area contributed by atoms with Crippen LogP contribution < -0.4 is 19.7 Å². The van der Waals surface area contributed by atoms with E-state index in [9.17, 15) is 8.42 Å². The molecule has 138 valence electrons. The highest BCUT2D eigenvalue weighted by Gasteiger charge is 2.31. The number of rotatable bonds is 4. The van der Waals surface area contributed by atoms with Crippen LogP contribution in [-0.2, 0) is 9.84 Å². The Morgan fingerprint density at radius 2 is 1.96 bits per heavy atom. The Kier molecular flexibility index (Phi) is 4.31. The molecule has 26 heavy (non-hydrogen) atoms. The molecular weight excluding hydrogens is 356 g/mol. The van der Waals surface area contributed by atoms with E-state index in [-0.39, 0.29) is 17.5 Å². The zero-order valence-electron chi connectivity index (χ0n) is 14.4. The molecule has 1 aromatic carbocycles. The molecule has 0 bridgehead atoms. The molecule has 1 N–H and O–H groups in total. The summed E-state index contributed by atoms with van der Waals surface area (Å²) in [7, 11) is -1.08. The third-order valence-electron chi connectivity index (χ3n) is 4.58. The van der Waals surface area contributed by atoms with E-state index in [1.807, 2.05) is 36.2 Å². The summed E-state index contributed by atoms with van der Waals surface area (Å²) in [6.07, 6.45) is 2.09. The van der Waals surface area contributed by atoms with E-state index in [0.29, 0.717) is 37.0 Å². The minimum absolute atomic E-state index is 0.0583. The molecule has 0 radical (unpaired) electrons. The quantitative estimate of drug-likeness (QED) is 0.860. The first-order valence-corrected chi connectivity index (χ1v) is 10.2. The van der Waals surface area contributed by atoms with Crippen LogP contribution in [0.25, 0.3) is 0 Å². The maximum absolute atomic E-state index is 11.7. The van der Waals surface area contributed by atoms with Gasteiger partial charge in [0.25, 0.3) is 0 Å². The van der Waals surface area contributed by atoms with E-state index in [2.05, 4.69) is 15.3 Å². The molecule has 1 aromatic heterocycles. The van der Waals surface area contributed by atoms with E-state index < -0.39 is 9.84 Å². The number of sulfone groups is 1. The van der Waals surface area contributed by atoms with Crippen molar-refractivity contribution in [3.8, 4) is 11.5 Å². The van der Waals surface area contributed by atoms with Crippen molar-refractivity contribution in [3.63, 3.8) is 0 Å². The number of anilines is 3. The lowest BCUT2D eigenvalue weighted by molar-refractivity contribution is 0.171. The average molecular weight is 376 g/mol. The number of fused-ring (bicyclic) bond motifs is 1. The molecule has 2 aliphatic rings. The van der Waals surface area contributed by atoms with Crippen LogP contribution in [0.3, 0.4) is 0 Å². The summed E-state index contributed by atoms with van der Waals surface area (Å²) in [5, 5.41) is 3.22. The Hall–Kier alpha value is -2.55. The predicted molar refractivity (Wildman–Crippen MR) is 98.2 cm³/mol. The van der Waals surface area contributed by atoms with Crippen LogP contribution in [-0.4, -0.2) is 56.2 Å². The monoisotopic (exact) mass is 376 g/mol. The second-order valence-corrected chi connectivity index (χ2v) is 8.64. The Labute approximate surface area is 152 Å². The van der Waals surface area contributed by atoms with Crippen LogP contribution in [0, 0.1) is 0 Å². The molecule has 2 aromatic rings.